The number of rotatable bonds is 6. The second kappa shape index (κ2) is 7.91. The first-order valence-electron chi connectivity index (χ1n) is 8.23. The maximum Gasteiger partial charge on any atom is 0.225 e. The van der Waals surface area contributed by atoms with Gasteiger partial charge >= 0.3 is 0 Å². The number of carbonyl (C=O) groups is 1. The molecule has 19 heavy (non-hydrogen) atoms. The van der Waals surface area contributed by atoms with Gasteiger partial charge in [-0.3, -0.25) is 4.79 Å². The van der Waals surface area contributed by atoms with Gasteiger partial charge in [-0.2, -0.15) is 0 Å². The molecule has 0 N–H and O–H groups in total. The van der Waals surface area contributed by atoms with E-state index >= 15 is 0 Å². The van der Waals surface area contributed by atoms with Gasteiger partial charge in [0.25, 0.3) is 0 Å². The minimum atomic E-state index is 0.317. The van der Waals surface area contributed by atoms with E-state index in [-0.39, 0.29) is 0 Å². The van der Waals surface area contributed by atoms with E-state index in [1.165, 1.54) is 25.7 Å². The third-order valence-corrected chi connectivity index (χ3v) is 4.18. The summed E-state index contributed by atoms with van der Waals surface area (Å²) in [6, 6.07) is 0. The largest absolute Gasteiger partial charge is 0.342 e. The molecule has 0 aromatic rings. The predicted molar refractivity (Wildman–Crippen MR) is 82.1 cm³/mol. The van der Waals surface area contributed by atoms with E-state index in [0.717, 1.165) is 38.8 Å². The van der Waals surface area contributed by atoms with Crippen molar-refractivity contribution in [1.82, 2.24) is 4.90 Å². The molecule has 0 unspecified atom stereocenters. The summed E-state index contributed by atoms with van der Waals surface area (Å²) in [4.78, 5) is 14.8. The van der Waals surface area contributed by atoms with Crippen LogP contribution in [0.5, 0.6) is 0 Å². The SMILES string of the molecule is CCCCN(CCC(C)(C)C)C(=O)C1CCCCC1. The molecule has 1 fully saturated rings. The summed E-state index contributed by atoms with van der Waals surface area (Å²) in [6.45, 7) is 10.9. The van der Waals surface area contributed by atoms with Crippen LogP contribution in [-0.2, 0) is 4.79 Å². The first kappa shape index (κ1) is 16.5. The summed E-state index contributed by atoms with van der Waals surface area (Å²) < 4.78 is 0. The highest BCUT2D eigenvalue weighted by Crippen LogP contribution is 2.26. The van der Waals surface area contributed by atoms with Gasteiger partial charge in [0, 0.05) is 19.0 Å². The predicted octanol–water partition coefficient (Wildman–Crippen LogP) is 4.63. The van der Waals surface area contributed by atoms with Crippen molar-refractivity contribution in [2.24, 2.45) is 11.3 Å². The van der Waals surface area contributed by atoms with Gasteiger partial charge in [0.15, 0.2) is 0 Å². The van der Waals surface area contributed by atoms with Crippen LogP contribution in [-0.4, -0.2) is 23.9 Å². The highest BCUT2D eigenvalue weighted by atomic mass is 16.2. The molecule has 0 heterocycles. The van der Waals surface area contributed by atoms with E-state index in [1.807, 2.05) is 0 Å². The molecule has 112 valence electrons. The lowest BCUT2D eigenvalue weighted by atomic mass is 9.87. The van der Waals surface area contributed by atoms with Crippen molar-refractivity contribution >= 4 is 5.91 Å². The summed E-state index contributed by atoms with van der Waals surface area (Å²) in [6.07, 6.45) is 9.48. The van der Waals surface area contributed by atoms with E-state index in [9.17, 15) is 4.79 Å². The highest BCUT2D eigenvalue weighted by molar-refractivity contribution is 5.78. The normalized spacial score (nSPS) is 17.5. The van der Waals surface area contributed by atoms with Gasteiger partial charge in [-0.05, 0) is 31.1 Å². The minimum absolute atomic E-state index is 0.317. The maximum absolute atomic E-state index is 12.6. The maximum atomic E-state index is 12.6. The smallest absolute Gasteiger partial charge is 0.225 e. The number of unbranched alkanes of at least 4 members (excludes halogenated alkanes) is 1. The molecule has 0 aliphatic heterocycles. The Morgan fingerprint density at radius 1 is 1.11 bits per heavy atom. The Kier molecular flexibility index (Phi) is 6.88. The fraction of sp³-hybridized carbons (Fsp3) is 0.941. The molecule has 2 heteroatoms. The van der Waals surface area contributed by atoms with E-state index in [4.69, 9.17) is 0 Å². The number of amides is 1. The van der Waals surface area contributed by atoms with Gasteiger partial charge in [-0.25, -0.2) is 0 Å². The van der Waals surface area contributed by atoms with Crippen LogP contribution >= 0.6 is 0 Å². The summed E-state index contributed by atoms with van der Waals surface area (Å²) in [5.74, 6) is 0.767. The van der Waals surface area contributed by atoms with Crippen LogP contribution in [0.1, 0.15) is 79.1 Å². The zero-order valence-corrected chi connectivity index (χ0v) is 13.5. The standard InChI is InChI=1S/C17H33NO/c1-5-6-13-18(14-12-17(2,3)4)16(19)15-10-8-7-9-11-15/h15H,5-14H2,1-4H3. The van der Waals surface area contributed by atoms with Crippen LogP contribution in [0.2, 0.25) is 0 Å². The topological polar surface area (TPSA) is 20.3 Å². The molecule has 1 rings (SSSR count). The van der Waals surface area contributed by atoms with Crippen molar-refractivity contribution in [3.05, 3.63) is 0 Å². The third-order valence-electron chi connectivity index (χ3n) is 4.18. The van der Waals surface area contributed by atoms with Crippen molar-refractivity contribution in [3.63, 3.8) is 0 Å². The van der Waals surface area contributed by atoms with Crippen molar-refractivity contribution in [2.75, 3.05) is 13.1 Å². The van der Waals surface area contributed by atoms with Crippen molar-refractivity contribution in [2.45, 2.75) is 79.1 Å². The molecule has 2 nitrogen and oxygen atoms in total. The third kappa shape index (κ3) is 6.44. The van der Waals surface area contributed by atoms with Gasteiger partial charge in [0.2, 0.25) is 5.91 Å². The van der Waals surface area contributed by atoms with Crippen LogP contribution < -0.4 is 0 Å². The summed E-state index contributed by atoms with van der Waals surface area (Å²) in [5.41, 5.74) is 0.317. The molecule has 0 bridgehead atoms. The number of hydrogen-bond acceptors (Lipinski definition) is 1. The number of nitrogens with zero attached hydrogens (tertiary/aromatic N) is 1. The Hall–Kier alpha value is -0.530. The van der Waals surface area contributed by atoms with Gasteiger partial charge in [0.1, 0.15) is 0 Å². The van der Waals surface area contributed by atoms with Crippen LogP contribution in [0, 0.1) is 11.3 Å². The zero-order chi connectivity index (χ0) is 14.3. The molecule has 1 saturated carbocycles. The fourth-order valence-corrected chi connectivity index (χ4v) is 2.76. The number of hydrogen-bond donors (Lipinski definition) is 0. The second-order valence-corrected chi connectivity index (χ2v) is 7.32. The second-order valence-electron chi connectivity index (χ2n) is 7.32. The Labute approximate surface area is 119 Å². The lowest BCUT2D eigenvalue weighted by Crippen LogP contribution is -2.39. The quantitative estimate of drug-likeness (QED) is 0.687. The van der Waals surface area contributed by atoms with Crippen molar-refractivity contribution in [1.29, 1.82) is 0 Å². The van der Waals surface area contributed by atoms with Crippen LogP contribution in [0.3, 0.4) is 0 Å². The average molecular weight is 267 g/mol. The lowest BCUT2D eigenvalue weighted by Gasteiger charge is -2.31. The van der Waals surface area contributed by atoms with Gasteiger partial charge in [0.05, 0.1) is 0 Å². The van der Waals surface area contributed by atoms with E-state index in [0.29, 0.717) is 17.2 Å². The minimum Gasteiger partial charge on any atom is -0.342 e. The molecule has 0 radical (unpaired) electrons. The summed E-state index contributed by atoms with van der Waals surface area (Å²) in [5, 5.41) is 0. The van der Waals surface area contributed by atoms with E-state index < -0.39 is 0 Å². The summed E-state index contributed by atoms with van der Waals surface area (Å²) in [7, 11) is 0. The monoisotopic (exact) mass is 267 g/mol. The van der Waals surface area contributed by atoms with Crippen molar-refractivity contribution < 1.29 is 4.79 Å². The average Bonchev–Trinajstić information content (AvgIpc) is 2.38. The van der Waals surface area contributed by atoms with Gasteiger partial charge < -0.3 is 4.90 Å². The molecule has 0 aromatic heterocycles. The summed E-state index contributed by atoms with van der Waals surface area (Å²) >= 11 is 0. The molecule has 1 amide bonds. The Morgan fingerprint density at radius 3 is 2.26 bits per heavy atom. The molecule has 1 aliphatic carbocycles. The Bertz CT molecular complexity index is 261. The first-order chi connectivity index (χ1) is 8.94. The van der Waals surface area contributed by atoms with Crippen LogP contribution in [0.4, 0.5) is 0 Å². The van der Waals surface area contributed by atoms with E-state index in [2.05, 4.69) is 32.6 Å². The van der Waals surface area contributed by atoms with Crippen LogP contribution in [0.25, 0.3) is 0 Å². The Morgan fingerprint density at radius 2 is 1.74 bits per heavy atom. The molecule has 1 aliphatic rings. The molecular formula is C17H33NO. The van der Waals surface area contributed by atoms with Gasteiger partial charge in [-0.1, -0.05) is 53.4 Å². The number of carbonyl (C=O) groups excluding carboxylic acids is 1. The fourth-order valence-electron chi connectivity index (χ4n) is 2.76. The lowest BCUT2D eigenvalue weighted by molar-refractivity contribution is -0.137. The molecule has 0 spiro atoms. The molecule has 0 aromatic carbocycles. The highest BCUT2D eigenvalue weighted by Gasteiger charge is 2.26. The van der Waals surface area contributed by atoms with E-state index in [1.54, 1.807) is 0 Å². The Balaban J connectivity index is 2.53. The van der Waals surface area contributed by atoms with Crippen LogP contribution in [0.15, 0.2) is 0 Å². The van der Waals surface area contributed by atoms with Crippen molar-refractivity contribution in [3.8, 4) is 0 Å². The van der Waals surface area contributed by atoms with Gasteiger partial charge in [-0.15, -0.1) is 0 Å². The zero-order valence-electron chi connectivity index (χ0n) is 13.5. The molecule has 0 saturated heterocycles. The first-order valence-corrected chi connectivity index (χ1v) is 8.23. The molecule has 0 atom stereocenters. The molecular weight excluding hydrogens is 234 g/mol.